The largest absolute Gasteiger partial charge is 0.321 e. The molecule has 202 valence electrons. The zero-order chi connectivity index (χ0) is 27.4. The summed E-state index contributed by atoms with van der Waals surface area (Å²) < 4.78 is 76.5. The van der Waals surface area contributed by atoms with Crippen molar-refractivity contribution in [1.82, 2.24) is 9.55 Å². The number of alkyl halides is 2. The first kappa shape index (κ1) is 25.9. The Morgan fingerprint density at radius 3 is 2.41 bits per heavy atom. The summed E-state index contributed by atoms with van der Waals surface area (Å²) in [5.74, 6) is -4.15. The van der Waals surface area contributed by atoms with Crippen LogP contribution >= 0.6 is 0 Å². The highest BCUT2D eigenvalue weighted by molar-refractivity contribution is 7.92. The summed E-state index contributed by atoms with van der Waals surface area (Å²) in [7, 11) is -3.82. The van der Waals surface area contributed by atoms with Crippen molar-refractivity contribution in [2.45, 2.75) is 55.1 Å². The summed E-state index contributed by atoms with van der Waals surface area (Å²) in [4.78, 5) is 4.22. The Morgan fingerprint density at radius 2 is 1.72 bits per heavy atom. The lowest BCUT2D eigenvalue weighted by Gasteiger charge is -2.53. The summed E-state index contributed by atoms with van der Waals surface area (Å²) in [6.45, 7) is 1.88. The highest BCUT2D eigenvalue weighted by Gasteiger charge is 2.64. The van der Waals surface area contributed by atoms with E-state index in [1.165, 1.54) is 24.4 Å². The van der Waals surface area contributed by atoms with Crippen LogP contribution in [0.4, 0.5) is 13.2 Å². The minimum absolute atomic E-state index is 0.0324. The van der Waals surface area contributed by atoms with E-state index in [2.05, 4.69) is 4.98 Å². The highest BCUT2D eigenvalue weighted by Crippen LogP contribution is 2.61. The normalized spacial score (nSPS) is 23.2. The van der Waals surface area contributed by atoms with Gasteiger partial charge < -0.3 is 4.57 Å². The van der Waals surface area contributed by atoms with E-state index in [9.17, 15) is 12.8 Å². The number of fused-ring (bicyclic) bond motifs is 2. The van der Waals surface area contributed by atoms with Gasteiger partial charge in [-0.1, -0.05) is 23.8 Å². The van der Waals surface area contributed by atoms with Gasteiger partial charge in [0.25, 0.3) is 5.92 Å². The first-order valence-corrected chi connectivity index (χ1v) is 14.7. The minimum atomic E-state index is -3.82. The zero-order valence-electron chi connectivity index (χ0n) is 21.5. The molecule has 1 saturated carbocycles. The molecule has 1 fully saturated rings. The number of benzene rings is 2. The van der Waals surface area contributed by atoms with Crippen molar-refractivity contribution in [2.24, 2.45) is 11.3 Å². The van der Waals surface area contributed by atoms with Crippen LogP contribution in [0.1, 0.15) is 41.8 Å². The second-order valence-electron chi connectivity index (χ2n) is 10.9. The molecule has 0 amide bonds. The van der Waals surface area contributed by atoms with Gasteiger partial charge in [-0.15, -0.1) is 0 Å². The number of hydrogen-bond acceptors (Lipinski definition) is 3. The third-order valence-corrected chi connectivity index (χ3v) is 11.0. The van der Waals surface area contributed by atoms with E-state index < -0.39 is 32.3 Å². The summed E-state index contributed by atoms with van der Waals surface area (Å²) in [6.07, 6.45) is 4.11. The summed E-state index contributed by atoms with van der Waals surface area (Å²) >= 11 is 0. The van der Waals surface area contributed by atoms with Crippen molar-refractivity contribution in [3.8, 4) is 5.69 Å². The topological polar surface area (TPSA) is 52.0 Å². The molecule has 2 aromatic carbocycles. The molecule has 2 aliphatic rings. The van der Waals surface area contributed by atoms with Crippen molar-refractivity contribution in [3.05, 3.63) is 114 Å². The van der Waals surface area contributed by atoms with Gasteiger partial charge in [0, 0.05) is 29.2 Å². The number of sulfone groups is 1. The third kappa shape index (κ3) is 4.20. The van der Waals surface area contributed by atoms with Gasteiger partial charge in [0.15, 0.2) is 9.84 Å². The van der Waals surface area contributed by atoms with E-state index in [1.807, 2.05) is 23.8 Å². The van der Waals surface area contributed by atoms with Crippen LogP contribution in [0, 0.1) is 24.1 Å². The van der Waals surface area contributed by atoms with E-state index in [4.69, 9.17) is 0 Å². The van der Waals surface area contributed by atoms with Gasteiger partial charge in [0.1, 0.15) is 11.5 Å². The molecule has 39 heavy (non-hydrogen) atoms. The van der Waals surface area contributed by atoms with E-state index in [1.54, 1.807) is 48.5 Å². The quantitative estimate of drug-likeness (QED) is 0.273. The Morgan fingerprint density at radius 1 is 0.974 bits per heavy atom. The molecule has 4 nitrogen and oxygen atoms in total. The Labute approximate surface area is 226 Å². The lowest BCUT2D eigenvalue weighted by Crippen LogP contribution is -2.55. The maximum Gasteiger partial charge on any atom is 0.295 e. The molecular formula is C31H29F3N2O2S. The predicted octanol–water partition coefficient (Wildman–Crippen LogP) is 6.84. The number of aryl methyl sites for hydroxylation is 1. The van der Waals surface area contributed by atoms with Crippen LogP contribution in [-0.4, -0.2) is 23.2 Å². The lowest BCUT2D eigenvalue weighted by molar-refractivity contribution is -0.180. The Balaban J connectivity index is 1.45. The lowest BCUT2D eigenvalue weighted by atomic mass is 9.55. The van der Waals surface area contributed by atoms with E-state index in [-0.39, 0.29) is 29.2 Å². The first-order chi connectivity index (χ1) is 18.6. The summed E-state index contributed by atoms with van der Waals surface area (Å²) in [6, 6.07) is 19.0. The molecule has 0 saturated heterocycles. The van der Waals surface area contributed by atoms with Gasteiger partial charge in [-0.25, -0.2) is 12.8 Å². The monoisotopic (exact) mass is 550 g/mol. The predicted molar refractivity (Wildman–Crippen MR) is 143 cm³/mol. The fourth-order valence-electron chi connectivity index (χ4n) is 6.65. The van der Waals surface area contributed by atoms with Crippen molar-refractivity contribution < 1.29 is 21.6 Å². The first-order valence-electron chi connectivity index (χ1n) is 13.2. The number of rotatable bonds is 5. The van der Waals surface area contributed by atoms with Crippen LogP contribution in [0.3, 0.4) is 0 Å². The van der Waals surface area contributed by atoms with E-state index in [0.717, 1.165) is 22.5 Å². The molecule has 2 aromatic heterocycles. The highest BCUT2D eigenvalue weighted by atomic mass is 32.2. The average molecular weight is 551 g/mol. The zero-order valence-corrected chi connectivity index (χ0v) is 22.3. The number of aromatic nitrogens is 2. The van der Waals surface area contributed by atoms with E-state index >= 15 is 8.78 Å². The number of hydrogen-bond donors (Lipinski definition) is 0. The van der Waals surface area contributed by atoms with Gasteiger partial charge in [-0.2, -0.15) is 8.78 Å². The third-order valence-electron chi connectivity index (χ3n) is 8.75. The van der Waals surface area contributed by atoms with Crippen LogP contribution < -0.4 is 0 Å². The molecule has 0 radical (unpaired) electrons. The standard InChI is InChI=1S/C31H29F3N2O2S/c1-21-5-12-26(13-6-21)39(37,38)27-14-7-23-18-28-22(15-17-36(28)25-10-8-24(32)9-11-25)19-30(23,20-27)31(33,34)29-4-2-3-16-35-29/h2-6,8-13,15-17,23,27H,7,14,18-20H2,1H3/t23?,27-,30-/m0/s1. The molecule has 6 rings (SSSR count). The minimum Gasteiger partial charge on any atom is -0.321 e. The molecule has 0 N–H and O–H groups in total. The van der Waals surface area contributed by atoms with Crippen molar-refractivity contribution in [3.63, 3.8) is 0 Å². The van der Waals surface area contributed by atoms with Crippen molar-refractivity contribution >= 4 is 9.84 Å². The Bertz CT molecular complexity index is 1600. The van der Waals surface area contributed by atoms with Crippen LogP contribution in [0.15, 0.2) is 90.1 Å². The van der Waals surface area contributed by atoms with E-state index in [0.29, 0.717) is 19.3 Å². The van der Waals surface area contributed by atoms with Gasteiger partial charge in [-0.05, 0) is 105 Å². The molecule has 0 spiro atoms. The molecule has 0 bridgehead atoms. The number of pyridine rings is 1. The van der Waals surface area contributed by atoms with Gasteiger partial charge in [-0.3, -0.25) is 4.98 Å². The van der Waals surface area contributed by atoms with Crippen LogP contribution in [0.5, 0.6) is 0 Å². The Hall–Kier alpha value is -3.39. The fourth-order valence-corrected chi connectivity index (χ4v) is 8.51. The SMILES string of the molecule is Cc1ccc(S(=O)(=O)[C@H]2CCC3Cc4c(ccn4-c4ccc(F)cc4)C[C@]3(C(F)(F)c3ccccn3)C2)cc1. The van der Waals surface area contributed by atoms with Gasteiger partial charge in [0.2, 0.25) is 0 Å². The molecule has 8 heteroatoms. The van der Waals surface area contributed by atoms with Crippen LogP contribution in [0.2, 0.25) is 0 Å². The van der Waals surface area contributed by atoms with Gasteiger partial charge in [0.05, 0.1) is 10.1 Å². The Kier molecular flexibility index (Phi) is 6.21. The molecular weight excluding hydrogens is 521 g/mol. The molecule has 3 atom stereocenters. The number of nitrogens with zero attached hydrogens (tertiary/aromatic N) is 2. The average Bonchev–Trinajstić information content (AvgIpc) is 3.34. The molecule has 2 heterocycles. The maximum absolute atomic E-state index is 16.7. The van der Waals surface area contributed by atoms with Crippen LogP contribution in [-0.2, 0) is 28.6 Å². The fraction of sp³-hybridized carbons (Fsp3) is 0.323. The summed E-state index contributed by atoms with van der Waals surface area (Å²) in [5, 5.41) is -0.924. The second kappa shape index (κ2) is 9.37. The maximum atomic E-state index is 16.7. The summed E-state index contributed by atoms with van der Waals surface area (Å²) in [5.41, 5.74) is 1.42. The molecule has 1 unspecified atom stereocenters. The molecule has 2 aliphatic carbocycles. The van der Waals surface area contributed by atoms with Crippen LogP contribution in [0.25, 0.3) is 5.69 Å². The number of halogens is 3. The second-order valence-corrected chi connectivity index (χ2v) is 13.1. The molecule has 4 aromatic rings. The smallest absolute Gasteiger partial charge is 0.295 e. The van der Waals surface area contributed by atoms with Crippen molar-refractivity contribution in [2.75, 3.05) is 0 Å². The van der Waals surface area contributed by atoms with Crippen molar-refractivity contribution in [1.29, 1.82) is 0 Å². The van der Waals surface area contributed by atoms with Gasteiger partial charge >= 0.3 is 0 Å². The molecule has 0 aliphatic heterocycles.